The van der Waals surface area contributed by atoms with Crippen molar-refractivity contribution in [2.45, 2.75) is 12.8 Å². The average Bonchev–Trinajstić information content (AvgIpc) is 2.45. The maximum Gasteiger partial charge on any atom is 0.335 e. The van der Waals surface area contributed by atoms with Gasteiger partial charge in [-0.25, -0.2) is 4.79 Å². The first-order valence-electron chi connectivity index (χ1n) is 6.11. The molecule has 0 unspecified atom stereocenters. The van der Waals surface area contributed by atoms with Crippen LogP contribution in [-0.2, 0) is 6.42 Å². The number of hydrogen-bond acceptors (Lipinski definition) is 3. The first-order valence-corrected chi connectivity index (χ1v) is 6.11. The first-order chi connectivity index (χ1) is 9.25. The molecule has 0 aliphatic carbocycles. The number of aryl methyl sites for hydroxylation is 1. The molecule has 19 heavy (non-hydrogen) atoms. The fourth-order valence-electron chi connectivity index (χ4n) is 1.71. The van der Waals surface area contributed by atoms with Crippen molar-refractivity contribution in [3.05, 3.63) is 59.9 Å². The van der Waals surface area contributed by atoms with E-state index in [1.807, 2.05) is 12.1 Å². The number of pyridine rings is 1. The third kappa shape index (κ3) is 4.10. The van der Waals surface area contributed by atoms with Gasteiger partial charge in [0.1, 0.15) is 5.75 Å². The number of rotatable bonds is 6. The molecule has 0 fully saturated rings. The summed E-state index contributed by atoms with van der Waals surface area (Å²) >= 11 is 0. The molecule has 98 valence electrons. The largest absolute Gasteiger partial charge is 0.494 e. The van der Waals surface area contributed by atoms with Gasteiger partial charge in [-0.3, -0.25) is 4.98 Å². The van der Waals surface area contributed by atoms with Crippen LogP contribution in [0, 0.1) is 0 Å². The van der Waals surface area contributed by atoms with Crippen molar-refractivity contribution in [3.8, 4) is 5.75 Å². The molecule has 0 aliphatic heterocycles. The van der Waals surface area contributed by atoms with Crippen molar-refractivity contribution in [2.75, 3.05) is 6.61 Å². The molecular formula is C15H15NO3. The molecule has 1 aromatic carbocycles. The van der Waals surface area contributed by atoms with Gasteiger partial charge in [0, 0.05) is 12.4 Å². The zero-order valence-electron chi connectivity index (χ0n) is 10.5. The van der Waals surface area contributed by atoms with Crippen molar-refractivity contribution >= 4 is 5.97 Å². The molecule has 2 rings (SSSR count). The van der Waals surface area contributed by atoms with Gasteiger partial charge in [0.15, 0.2) is 0 Å². The van der Waals surface area contributed by atoms with Crippen LogP contribution in [0.5, 0.6) is 5.75 Å². The topological polar surface area (TPSA) is 59.4 Å². The maximum atomic E-state index is 10.7. The van der Waals surface area contributed by atoms with E-state index >= 15 is 0 Å². The summed E-state index contributed by atoms with van der Waals surface area (Å²) < 4.78 is 5.55. The second-order valence-electron chi connectivity index (χ2n) is 4.14. The summed E-state index contributed by atoms with van der Waals surface area (Å²) in [4.78, 5) is 14.6. The number of carboxylic acid groups (broad SMARTS) is 1. The second kappa shape index (κ2) is 6.54. The number of carbonyl (C=O) groups is 1. The minimum Gasteiger partial charge on any atom is -0.494 e. The van der Waals surface area contributed by atoms with Crippen molar-refractivity contribution in [1.82, 2.24) is 4.98 Å². The predicted octanol–water partition coefficient (Wildman–Crippen LogP) is 2.79. The first kappa shape index (κ1) is 13.1. The molecule has 0 atom stereocenters. The van der Waals surface area contributed by atoms with Gasteiger partial charge in [-0.1, -0.05) is 0 Å². The number of aromatic carboxylic acids is 1. The molecule has 0 aliphatic rings. The lowest BCUT2D eigenvalue weighted by Crippen LogP contribution is -2.00. The van der Waals surface area contributed by atoms with Crippen molar-refractivity contribution in [1.29, 1.82) is 0 Å². The molecule has 4 nitrogen and oxygen atoms in total. The quantitative estimate of drug-likeness (QED) is 0.808. The summed E-state index contributed by atoms with van der Waals surface area (Å²) in [7, 11) is 0. The van der Waals surface area contributed by atoms with Gasteiger partial charge in [-0.2, -0.15) is 0 Å². The number of benzene rings is 1. The minimum absolute atomic E-state index is 0.268. The fraction of sp³-hybridized carbons (Fsp3) is 0.200. The van der Waals surface area contributed by atoms with Gasteiger partial charge in [0.2, 0.25) is 0 Å². The summed E-state index contributed by atoms with van der Waals surface area (Å²) in [5.74, 6) is -0.232. The summed E-state index contributed by atoms with van der Waals surface area (Å²) in [5, 5.41) is 8.77. The van der Waals surface area contributed by atoms with E-state index in [1.165, 1.54) is 5.56 Å². The van der Waals surface area contributed by atoms with E-state index in [0.717, 1.165) is 12.8 Å². The number of hydrogen-bond donors (Lipinski definition) is 1. The summed E-state index contributed by atoms with van der Waals surface area (Å²) in [6, 6.07) is 10.4. The SMILES string of the molecule is O=C(O)c1ccc(OCCCc2ccncc2)cc1. The van der Waals surface area contributed by atoms with Gasteiger partial charge in [-0.15, -0.1) is 0 Å². The van der Waals surface area contributed by atoms with Gasteiger partial charge in [0.05, 0.1) is 12.2 Å². The molecule has 2 aromatic rings. The molecule has 0 bridgehead atoms. The van der Waals surface area contributed by atoms with Crippen LogP contribution in [0.1, 0.15) is 22.3 Å². The molecule has 1 aromatic heterocycles. The Morgan fingerprint density at radius 1 is 1.11 bits per heavy atom. The zero-order valence-corrected chi connectivity index (χ0v) is 10.5. The summed E-state index contributed by atoms with van der Waals surface area (Å²) in [5.41, 5.74) is 1.50. The average molecular weight is 257 g/mol. The molecule has 1 N–H and O–H groups in total. The smallest absolute Gasteiger partial charge is 0.335 e. The van der Waals surface area contributed by atoms with E-state index < -0.39 is 5.97 Å². The van der Waals surface area contributed by atoms with Crippen LogP contribution < -0.4 is 4.74 Å². The third-order valence-corrected chi connectivity index (χ3v) is 2.73. The molecule has 0 radical (unpaired) electrons. The highest BCUT2D eigenvalue weighted by molar-refractivity contribution is 5.87. The van der Waals surface area contributed by atoms with Crippen molar-refractivity contribution in [2.24, 2.45) is 0 Å². The Bertz CT molecular complexity index is 523. The van der Waals surface area contributed by atoms with Crippen LogP contribution in [0.4, 0.5) is 0 Å². The summed E-state index contributed by atoms with van der Waals surface area (Å²) in [6.07, 6.45) is 5.40. The minimum atomic E-state index is -0.927. The monoisotopic (exact) mass is 257 g/mol. The van der Waals surface area contributed by atoms with Crippen molar-refractivity contribution in [3.63, 3.8) is 0 Å². The molecular weight excluding hydrogens is 242 g/mol. The van der Waals surface area contributed by atoms with Gasteiger partial charge in [-0.05, 0) is 54.8 Å². The highest BCUT2D eigenvalue weighted by atomic mass is 16.5. The Morgan fingerprint density at radius 2 is 1.79 bits per heavy atom. The molecule has 0 spiro atoms. The number of ether oxygens (including phenoxy) is 1. The van der Waals surface area contributed by atoms with E-state index in [1.54, 1.807) is 36.7 Å². The van der Waals surface area contributed by atoms with Gasteiger partial charge >= 0.3 is 5.97 Å². The van der Waals surface area contributed by atoms with Gasteiger partial charge in [0.25, 0.3) is 0 Å². The van der Waals surface area contributed by atoms with Crippen LogP contribution in [0.2, 0.25) is 0 Å². The van der Waals surface area contributed by atoms with Gasteiger partial charge < -0.3 is 9.84 Å². The standard InChI is InChI=1S/C15H15NO3/c17-15(18)13-3-5-14(6-4-13)19-11-1-2-12-7-9-16-10-8-12/h3-10H,1-2,11H2,(H,17,18). The van der Waals surface area contributed by atoms with Crippen LogP contribution in [0.15, 0.2) is 48.8 Å². The lowest BCUT2D eigenvalue weighted by Gasteiger charge is -2.06. The molecule has 0 amide bonds. The Morgan fingerprint density at radius 3 is 2.42 bits per heavy atom. The second-order valence-corrected chi connectivity index (χ2v) is 4.14. The Hall–Kier alpha value is -2.36. The highest BCUT2D eigenvalue weighted by Crippen LogP contribution is 2.12. The molecule has 4 heteroatoms. The number of nitrogens with zero attached hydrogens (tertiary/aromatic N) is 1. The number of carboxylic acids is 1. The fourth-order valence-corrected chi connectivity index (χ4v) is 1.71. The van der Waals surface area contributed by atoms with Crippen molar-refractivity contribution < 1.29 is 14.6 Å². The number of aromatic nitrogens is 1. The highest BCUT2D eigenvalue weighted by Gasteiger charge is 2.02. The molecule has 0 saturated heterocycles. The van der Waals surface area contributed by atoms with E-state index in [9.17, 15) is 4.79 Å². The van der Waals surface area contributed by atoms with Crippen LogP contribution in [0.25, 0.3) is 0 Å². The lowest BCUT2D eigenvalue weighted by molar-refractivity contribution is 0.0697. The van der Waals surface area contributed by atoms with E-state index in [0.29, 0.717) is 12.4 Å². The van der Waals surface area contributed by atoms with E-state index in [-0.39, 0.29) is 5.56 Å². The normalized spacial score (nSPS) is 10.1. The molecule has 1 heterocycles. The Balaban J connectivity index is 1.75. The summed E-state index contributed by atoms with van der Waals surface area (Å²) in [6.45, 7) is 0.606. The van der Waals surface area contributed by atoms with Crippen LogP contribution >= 0.6 is 0 Å². The maximum absolute atomic E-state index is 10.7. The lowest BCUT2D eigenvalue weighted by atomic mass is 10.1. The predicted molar refractivity (Wildman–Crippen MR) is 71.5 cm³/mol. The zero-order chi connectivity index (χ0) is 13.5. The van der Waals surface area contributed by atoms with E-state index in [2.05, 4.69) is 4.98 Å². The van der Waals surface area contributed by atoms with Crippen LogP contribution in [-0.4, -0.2) is 22.7 Å². The van der Waals surface area contributed by atoms with E-state index in [4.69, 9.17) is 9.84 Å². The Kier molecular flexibility index (Phi) is 4.50. The van der Waals surface area contributed by atoms with Crippen LogP contribution in [0.3, 0.4) is 0 Å². The Labute approximate surface area is 111 Å². The molecule has 0 saturated carbocycles. The third-order valence-electron chi connectivity index (χ3n) is 2.73.